The Balaban J connectivity index is 2.02. The monoisotopic (exact) mass is 227 g/mol. The predicted octanol–water partition coefficient (Wildman–Crippen LogP) is 2.48. The van der Waals surface area contributed by atoms with Gasteiger partial charge in [0.2, 0.25) is 0 Å². The molecule has 1 unspecified atom stereocenters. The van der Waals surface area contributed by atoms with Crippen LogP contribution in [0.25, 0.3) is 0 Å². The van der Waals surface area contributed by atoms with Crippen LogP contribution in [-0.2, 0) is 0 Å². The van der Waals surface area contributed by atoms with Crippen molar-refractivity contribution in [3.63, 3.8) is 0 Å². The Kier molecular flexibility index (Phi) is 2.84. The van der Waals surface area contributed by atoms with Crippen LogP contribution >= 0.6 is 0 Å². The van der Waals surface area contributed by atoms with E-state index in [0.717, 1.165) is 25.1 Å². The zero-order valence-electron chi connectivity index (χ0n) is 9.39. The molecule has 88 valence electrons. The molecule has 1 aliphatic rings. The second kappa shape index (κ2) is 4.01. The molecular weight excluding hydrogens is 212 g/mol. The third-order valence-corrected chi connectivity index (χ3v) is 2.74. The van der Waals surface area contributed by atoms with E-state index in [1.165, 1.54) is 6.07 Å². The summed E-state index contributed by atoms with van der Waals surface area (Å²) >= 11 is 0. The number of ether oxygens (including phenoxy) is 1. The highest BCUT2D eigenvalue weighted by atomic mass is 19.2. The van der Waals surface area contributed by atoms with Gasteiger partial charge in [-0.05, 0) is 26.0 Å². The molecule has 1 N–H and O–H groups in total. The molecule has 1 heterocycles. The maximum Gasteiger partial charge on any atom is 0.162 e. The van der Waals surface area contributed by atoms with E-state index in [9.17, 15) is 8.78 Å². The fourth-order valence-corrected chi connectivity index (χ4v) is 1.93. The number of hydrogen-bond acceptors (Lipinski definition) is 2. The molecule has 0 bridgehead atoms. The molecule has 1 aromatic carbocycles. The molecule has 4 heteroatoms. The zero-order chi connectivity index (χ0) is 11.8. The van der Waals surface area contributed by atoms with Gasteiger partial charge in [0.15, 0.2) is 11.6 Å². The van der Waals surface area contributed by atoms with Crippen LogP contribution in [0.5, 0.6) is 5.75 Å². The Morgan fingerprint density at radius 2 is 2.06 bits per heavy atom. The minimum absolute atomic E-state index is 0.0138. The number of nitrogens with one attached hydrogen (secondary N) is 1. The van der Waals surface area contributed by atoms with Crippen LogP contribution in [0, 0.1) is 11.6 Å². The van der Waals surface area contributed by atoms with Crippen molar-refractivity contribution in [3.8, 4) is 5.75 Å². The van der Waals surface area contributed by atoms with Crippen molar-refractivity contribution in [3.05, 3.63) is 29.8 Å². The molecule has 2 rings (SSSR count). The molecule has 0 aliphatic carbocycles. The highest BCUT2D eigenvalue weighted by molar-refractivity contribution is 5.24. The summed E-state index contributed by atoms with van der Waals surface area (Å²) < 4.78 is 31.2. The maximum absolute atomic E-state index is 12.9. The third kappa shape index (κ3) is 2.50. The second-order valence-electron chi connectivity index (χ2n) is 4.78. The van der Waals surface area contributed by atoms with E-state index in [1.54, 1.807) is 0 Å². The lowest BCUT2D eigenvalue weighted by Crippen LogP contribution is -2.31. The van der Waals surface area contributed by atoms with Gasteiger partial charge in [-0.3, -0.25) is 0 Å². The van der Waals surface area contributed by atoms with Crippen LogP contribution in [0.3, 0.4) is 0 Å². The molecule has 1 fully saturated rings. The minimum Gasteiger partial charge on any atom is -0.489 e. The van der Waals surface area contributed by atoms with Gasteiger partial charge in [-0.25, -0.2) is 8.78 Å². The van der Waals surface area contributed by atoms with Gasteiger partial charge in [0, 0.05) is 24.6 Å². The molecule has 16 heavy (non-hydrogen) atoms. The third-order valence-electron chi connectivity index (χ3n) is 2.74. The number of hydrogen-bond donors (Lipinski definition) is 1. The lowest BCUT2D eigenvalue weighted by atomic mass is 10.0. The summed E-state index contributed by atoms with van der Waals surface area (Å²) in [6, 6.07) is 3.61. The van der Waals surface area contributed by atoms with E-state index in [-0.39, 0.29) is 11.6 Å². The lowest BCUT2D eigenvalue weighted by molar-refractivity contribution is 0.213. The largest absolute Gasteiger partial charge is 0.489 e. The summed E-state index contributed by atoms with van der Waals surface area (Å²) in [7, 11) is 0. The fourth-order valence-electron chi connectivity index (χ4n) is 1.93. The lowest BCUT2D eigenvalue weighted by Gasteiger charge is -2.17. The first-order valence-corrected chi connectivity index (χ1v) is 5.33. The molecular formula is C12H15F2NO. The molecule has 1 aliphatic heterocycles. The van der Waals surface area contributed by atoms with E-state index in [4.69, 9.17) is 4.74 Å². The Morgan fingerprint density at radius 1 is 1.31 bits per heavy atom. The standard InChI is InChI=1S/C12H15F2NO/c1-12(2)6-9(7-15-12)16-8-3-4-10(13)11(14)5-8/h3-5,9,15H,6-7H2,1-2H3. The van der Waals surface area contributed by atoms with Crippen molar-refractivity contribution in [2.45, 2.75) is 31.9 Å². The summed E-state index contributed by atoms with van der Waals surface area (Å²) in [5.74, 6) is -1.34. The minimum atomic E-state index is -0.872. The van der Waals surface area contributed by atoms with E-state index >= 15 is 0 Å². The molecule has 0 aromatic heterocycles. The van der Waals surface area contributed by atoms with E-state index in [2.05, 4.69) is 19.2 Å². The fraction of sp³-hybridized carbons (Fsp3) is 0.500. The first-order chi connectivity index (χ1) is 7.46. The van der Waals surface area contributed by atoms with Crippen LogP contribution in [0.1, 0.15) is 20.3 Å². The molecule has 0 saturated carbocycles. The van der Waals surface area contributed by atoms with E-state index < -0.39 is 11.6 Å². The van der Waals surface area contributed by atoms with Crippen LogP contribution in [0.4, 0.5) is 8.78 Å². The van der Waals surface area contributed by atoms with Crippen LogP contribution < -0.4 is 10.1 Å². The molecule has 1 atom stereocenters. The molecule has 1 aromatic rings. The average Bonchev–Trinajstić information content (AvgIpc) is 2.52. The summed E-state index contributed by atoms with van der Waals surface area (Å²) in [5, 5.41) is 3.30. The molecule has 0 amide bonds. The molecule has 1 saturated heterocycles. The van der Waals surface area contributed by atoms with Crippen molar-refractivity contribution in [2.75, 3.05) is 6.54 Å². The Morgan fingerprint density at radius 3 is 2.62 bits per heavy atom. The first-order valence-electron chi connectivity index (χ1n) is 5.33. The SMILES string of the molecule is CC1(C)CC(Oc2ccc(F)c(F)c2)CN1. The Bertz CT molecular complexity index is 393. The normalized spacial score (nSPS) is 23.4. The molecule has 0 radical (unpaired) electrons. The zero-order valence-corrected chi connectivity index (χ0v) is 9.39. The van der Waals surface area contributed by atoms with E-state index in [1.807, 2.05) is 0 Å². The highest BCUT2D eigenvalue weighted by Gasteiger charge is 2.31. The van der Waals surface area contributed by atoms with Crippen LogP contribution in [0.15, 0.2) is 18.2 Å². The van der Waals surface area contributed by atoms with Crippen LogP contribution in [-0.4, -0.2) is 18.2 Å². The van der Waals surface area contributed by atoms with Crippen molar-refractivity contribution in [1.82, 2.24) is 5.32 Å². The summed E-state index contributed by atoms with van der Waals surface area (Å²) in [6.45, 7) is 4.90. The van der Waals surface area contributed by atoms with E-state index in [0.29, 0.717) is 5.75 Å². The second-order valence-corrected chi connectivity index (χ2v) is 4.78. The summed E-state index contributed by atoms with van der Waals surface area (Å²) in [4.78, 5) is 0. The van der Waals surface area contributed by atoms with Gasteiger partial charge in [0.1, 0.15) is 11.9 Å². The Hall–Kier alpha value is -1.16. The molecule has 2 nitrogen and oxygen atoms in total. The Labute approximate surface area is 93.6 Å². The van der Waals surface area contributed by atoms with Gasteiger partial charge in [-0.15, -0.1) is 0 Å². The van der Waals surface area contributed by atoms with Gasteiger partial charge in [-0.1, -0.05) is 0 Å². The number of halogens is 2. The predicted molar refractivity (Wildman–Crippen MR) is 57.5 cm³/mol. The summed E-state index contributed by atoms with van der Waals surface area (Å²) in [5.41, 5.74) is 0.0449. The number of rotatable bonds is 2. The van der Waals surface area contributed by atoms with Crippen LogP contribution in [0.2, 0.25) is 0 Å². The first kappa shape index (κ1) is 11.3. The van der Waals surface area contributed by atoms with Gasteiger partial charge < -0.3 is 10.1 Å². The maximum atomic E-state index is 12.9. The topological polar surface area (TPSA) is 21.3 Å². The number of benzene rings is 1. The smallest absolute Gasteiger partial charge is 0.162 e. The van der Waals surface area contributed by atoms with Crippen molar-refractivity contribution in [1.29, 1.82) is 0 Å². The quantitative estimate of drug-likeness (QED) is 0.838. The van der Waals surface area contributed by atoms with Gasteiger partial charge in [0.05, 0.1) is 0 Å². The summed E-state index contributed by atoms with van der Waals surface area (Å²) in [6.07, 6.45) is 0.867. The van der Waals surface area contributed by atoms with Gasteiger partial charge >= 0.3 is 0 Å². The molecule has 0 spiro atoms. The average molecular weight is 227 g/mol. The van der Waals surface area contributed by atoms with Crippen molar-refractivity contribution >= 4 is 0 Å². The van der Waals surface area contributed by atoms with Gasteiger partial charge in [-0.2, -0.15) is 0 Å². The van der Waals surface area contributed by atoms with Crippen molar-refractivity contribution in [2.24, 2.45) is 0 Å². The van der Waals surface area contributed by atoms with Gasteiger partial charge in [0.25, 0.3) is 0 Å². The highest BCUT2D eigenvalue weighted by Crippen LogP contribution is 2.23. The van der Waals surface area contributed by atoms with Crippen molar-refractivity contribution < 1.29 is 13.5 Å².